The normalized spacial score (nSPS) is 16.5. The van der Waals surface area contributed by atoms with Crippen LogP contribution in [0.3, 0.4) is 0 Å². The number of carbonyl (C=O) groups is 1. The molecule has 9 nitrogen and oxygen atoms in total. The highest BCUT2D eigenvalue weighted by molar-refractivity contribution is 5.95. The lowest BCUT2D eigenvalue weighted by molar-refractivity contribution is -0.422. The molecule has 1 atom stereocenters. The number of hydrogen-bond acceptors (Lipinski definition) is 7. The first-order valence-electron chi connectivity index (χ1n) is 10.4. The lowest BCUT2D eigenvalue weighted by Crippen LogP contribution is -2.38. The Morgan fingerprint density at radius 3 is 2.50 bits per heavy atom. The average Bonchev–Trinajstić information content (AvgIpc) is 2.78. The van der Waals surface area contributed by atoms with Crippen LogP contribution in [-0.4, -0.2) is 46.8 Å². The van der Waals surface area contributed by atoms with Gasteiger partial charge in [0.05, 0.1) is 22.5 Å². The summed E-state index contributed by atoms with van der Waals surface area (Å²) in [6.45, 7) is 2.80. The first-order chi connectivity index (χ1) is 15.3. The number of rotatable bonds is 10. The minimum absolute atomic E-state index is 0.0124. The zero-order chi connectivity index (χ0) is 23.1. The van der Waals surface area contributed by atoms with Crippen molar-refractivity contribution in [1.29, 1.82) is 0 Å². The SMILES string of the molecule is O=C(CCCN1CCCC(COc2ccc([N+](=O)[O-])c([N+](=O)[O-])c2)C1)c1ccc(F)cc1. The maximum absolute atomic E-state index is 13.0. The molecule has 1 aliphatic rings. The summed E-state index contributed by atoms with van der Waals surface area (Å²) in [5.41, 5.74) is -0.654. The number of ether oxygens (including phenoxy) is 1. The second-order valence-electron chi connectivity index (χ2n) is 7.82. The highest BCUT2D eigenvalue weighted by Crippen LogP contribution is 2.31. The van der Waals surface area contributed by atoms with E-state index < -0.39 is 21.2 Å². The summed E-state index contributed by atoms with van der Waals surface area (Å²) < 4.78 is 18.7. The molecule has 0 saturated carbocycles. The molecule has 1 heterocycles. The molecular weight excluding hydrogens is 421 g/mol. The predicted molar refractivity (Wildman–Crippen MR) is 114 cm³/mol. The van der Waals surface area contributed by atoms with Gasteiger partial charge < -0.3 is 9.64 Å². The molecule has 0 N–H and O–H groups in total. The van der Waals surface area contributed by atoms with E-state index in [1.807, 2.05) is 0 Å². The number of likely N-dealkylation sites (tertiary alicyclic amines) is 1. The van der Waals surface area contributed by atoms with Crippen LogP contribution in [0.2, 0.25) is 0 Å². The fourth-order valence-electron chi connectivity index (χ4n) is 3.84. The molecule has 0 aliphatic carbocycles. The van der Waals surface area contributed by atoms with Gasteiger partial charge in [0.1, 0.15) is 11.6 Å². The van der Waals surface area contributed by atoms with Gasteiger partial charge in [0, 0.05) is 30.5 Å². The molecule has 10 heteroatoms. The first-order valence-corrected chi connectivity index (χ1v) is 10.4. The van der Waals surface area contributed by atoms with Gasteiger partial charge in [0.2, 0.25) is 0 Å². The first kappa shape index (κ1) is 23.3. The lowest BCUT2D eigenvalue weighted by atomic mass is 9.98. The van der Waals surface area contributed by atoms with Crippen LogP contribution in [0.5, 0.6) is 5.75 Å². The second-order valence-corrected chi connectivity index (χ2v) is 7.82. The Morgan fingerprint density at radius 2 is 1.81 bits per heavy atom. The second kappa shape index (κ2) is 10.8. The summed E-state index contributed by atoms with van der Waals surface area (Å²) in [6, 6.07) is 9.08. The molecule has 3 rings (SSSR count). The smallest absolute Gasteiger partial charge is 0.349 e. The number of ketones is 1. The van der Waals surface area contributed by atoms with Crippen molar-refractivity contribution in [3.8, 4) is 5.75 Å². The zero-order valence-electron chi connectivity index (χ0n) is 17.4. The third-order valence-corrected chi connectivity index (χ3v) is 5.47. The van der Waals surface area contributed by atoms with E-state index in [1.165, 1.54) is 30.3 Å². The van der Waals surface area contributed by atoms with Gasteiger partial charge in [-0.05, 0) is 62.7 Å². The molecule has 0 bridgehead atoms. The van der Waals surface area contributed by atoms with Crippen molar-refractivity contribution in [2.24, 2.45) is 5.92 Å². The molecule has 0 radical (unpaired) electrons. The molecule has 0 aromatic heterocycles. The monoisotopic (exact) mass is 445 g/mol. The van der Waals surface area contributed by atoms with Gasteiger partial charge in [-0.2, -0.15) is 0 Å². The van der Waals surface area contributed by atoms with E-state index in [1.54, 1.807) is 0 Å². The highest BCUT2D eigenvalue weighted by atomic mass is 19.1. The molecular formula is C22H24FN3O6. The Labute approximate surface area is 184 Å². The Hall–Kier alpha value is -3.40. The van der Waals surface area contributed by atoms with Crippen molar-refractivity contribution < 1.29 is 23.8 Å². The quantitative estimate of drug-likeness (QED) is 0.302. The van der Waals surface area contributed by atoms with E-state index in [9.17, 15) is 29.4 Å². The van der Waals surface area contributed by atoms with Crippen molar-refractivity contribution in [3.05, 3.63) is 74.1 Å². The third-order valence-electron chi connectivity index (χ3n) is 5.47. The summed E-state index contributed by atoms with van der Waals surface area (Å²) in [7, 11) is 0. The molecule has 2 aromatic carbocycles. The van der Waals surface area contributed by atoms with Crippen molar-refractivity contribution in [3.63, 3.8) is 0 Å². The number of hydrogen-bond donors (Lipinski definition) is 0. The molecule has 2 aromatic rings. The number of halogens is 1. The van der Waals surface area contributed by atoms with Crippen LogP contribution >= 0.6 is 0 Å². The summed E-state index contributed by atoms with van der Waals surface area (Å²) in [6.07, 6.45) is 2.99. The number of nitro groups is 2. The van der Waals surface area contributed by atoms with Gasteiger partial charge in [0.15, 0.2) is 5.78 Å². The van der Waals surface area contributed by atoms with Crippen molar-refractivity contribution in [1.82, 2.24) is 4.90 Å². The highest BCUT2D eigenvalue weighted by Gasteiger charge is 2.25. The molecule has 1 unspecified atom stereocenters. The maximum Gasteiger partial charge on any atom is 0.349 e. The summed E-state index contributed by atoms with van der Waals surface area (Å²) in [5, 5.41) is 22.0. The maximum atomic E-state index is 13.0. The van der Waals surface area contributed by atoms with E-state index in [0.29, 0.717) is 25.0 Å². The van der Waals surface area contributed by atoms with Crippen LogP contribution < -0.4 is 4.74 Å². The summed E-state index contributed by atoms with van der Waals surface area (Å²) in [5.74, 6) is 0.0585. The van der Waals surface area contributed by atoms with E-state index in [4.69, 9.17) is 4.74 Å². The average molecular weight is 445 g/mol. The molecule has 1 saturated heterocycles. The van der Waals surface area contributed by atoms with Gasteiger partial charge in [0.25, 0.3) is 0 Å². The fraction of sp³-hybridized carbons (Fsp3) is 0.409. The fourth-order valence-corrected chi connectivity index (χ4v) is 3.84. The topological polar surface area (TPSA) is 116 Å². The minimum Gasteiger partial charge on any atom is -0.493 e. The Morgan fingerprint density at radius 1 is 1.09 bits per heavy atom. The van der Waals surface area contributed by atoms with Gasteiger partial charge >= 0.3 is 11.4 Å². The largest absolute Gasteiger partial charge is 0.493 e. The number of Topliss-reactive ketones (excluding diaryl/α,β-unsaturated/α-hetero) is 1. The Kier molecular flexibility index (Phi) is 7.82. The Bertz CT molecular complexity index is 982. The molecule has 170 valence electrons. The number of piperidine rings is 1. The minimum atomic E-state index is -0.791. The Balaban J connectivity index is 1.46. The van der Waals surface area contributed by atoms with Crippen molar-refractivity contribution in [2.45, 2.75) is 25.7 Å². The summed E-state index contributed by atoms with van der Waals surface area (Å²) >= 11 is 0. The number of nitro benzene ring substituents is 2. The van der Waals surface area contributed by atoms with Crippen LogP contribution in [0, 0.1) is 32.0 Å². The molecule has 0 spiro atoms. The number of carbonyl (C=O) groups excluding carboxylic acids is 1. The standard InChI is InChI=1S/C22H24FN3O6/c23-18-7-5-17(6-8-18)22(27)4-2-12-24-11-1-3-16(14-24)15-32-19-9-10-20(25(28)29)21(13-19)26(30)31/h5-10,13,16H,1-4,11-12,14-15H2. The van der Waals surface area contributed by atoms with Crippen LogP contribution in [0.1, 0.15) is 36.0 Å². The summed E-state index contributed by atoms with van der Waals surface area (Å²) in [4.78, 5) is 34.9. The number of benzene rings is 2. The van der Waals surface area contributed by atoms with Crippen molar-refractivity contribution >= 4 is 17.2 Å². The zero-order valence-corrected chi connectivity index (χ0v) is 17.4. The van der Waals surface area contributed by atoms with Crippen molar-refractivity contribution in [2.75, 3.05) is 26.2 Å². The molecule has 1 aliphatic heterocycles. The lowest BCUT2D eigenvalue weighted by Gasteiger charge is -2.32. The predicted octanol–water partition coefficient (Wildman–Crippen LogP) is 4.40. The van der Waals surface area contributed by atoms with E-state index in [2.05, 4.69) is 4.90 Å². The molecule has 1 fully saturated rings. The van der Waals surface area contributed by atoms with Gasteiger partial charge in [-0.25, -0.2) is 4.39 Å². The van der Waals surface area contributed by atoms with E-state index >= 15 is 0 Å². The molecule has 32 heavy (non-hydrogen) atoms. The number of nitrogens with zero attached hydrogens (tertiary/aromatic N) is 3. The van der Waals surface area contributed by atoms with Crippen LogP contribution in [0.15, 0.2) is 42.5 Å². The van der Waals surface area contributed by atoms with Gasteiger partial charge in [-0.1, -0.05) is 0 Å². The van der Waals surface area contributed by atoms with Crippen LogP contribution in [0.25, 0.3) is 0 Å². The molecule has 0 amide bonds. The van der Waals surface area contributed by atoms with Crippen LogP contribution in [0.4, 0.5) is 15.8 Å². The van der Waals surface area contributed by atoms with E-state index in [0.717, 1.165) is 44.6 Å². The van der Waals surface area contributed by atoms with Crippen LogP contribution in [-0.2, 0) is 0 Å². The van der Waals surface area contributed by atoms with E-state index in [-0.39, 0.29) is 23.3 Å². The third kappa shape index (κ3) is 6.30. The van der Waals surface area contributed by atoms with Gasteiger partial charge in [-0.3, -0.25) is 25.0 Å². The van der Waals surface area contributed by atoms with Gasteiger partial charge in [-0.15, -0.1) is 0 Å².